The molecular weight excluding hydrogens is 374 g/mol. The van der Waals surface area contributed by atoms with Gasteiger partial charge in [0, 0.05) is 12.1 Å². The highest BCUT2D eigenvalue weighted by Crippen LogP contribution is 2.28. The molecule has 1 N–H and O–H groups in total. The number of nitro benzene ring substituents is 1. The van der Waals surface area contributed by atoms with Crippen LogP contribution in [0.5, 0.6) is 0 Å². The second kappa shape index (κ2) is 9.99. The Labute approximate surface area is 168 Å². The van der Waals surface area contributed by atoms with Gasteiger partial charge in [0.2, 0.25) is 0 Å². The van der Waals surface area contributed by atoms with Gasteiger partial charge in [0.05, 0.1) is 22.1 Å². The molecule has 2 rings (SSSR count). The normalized spacial score (nSPS) is 12.3. The minimum Gasteiger partial charge on any atom is -0.455 e. The number of nitrogens with zero attached hydrogens (tertiary/aromatic N) is 2. The lowest BCUT2D eigenvalue weighted by Gasteiger charge is -2.21. The van der Waals surface area contributed by atoms with Crippen LogP contribution in [0.4, 0.5) is 11.4 Å². The van der Waals surface area contributed by atoms with Crippen molar-refractivity contribution in [3.8, 4) is 6.07 Å². The second-order valence-electron chi connectivity index (χ2n) is 6.53. The molecule has 0 saturated heterocycles. The van der Waals surface area contributed by atoms with Gasteiger partial charge in [-0.2, -0.15) is 5.26 Å². The number of esters is 1. The average molecular weight is 395 g/mol. The molecule has 0 spiro atoms. The summed E-state index contributed by atoms with van der Waals surface area (Å²) in [6.07, 6.45) is 0.759. The lowest BCUT2D eigenvalue weighted by atomic mass is 9.86. The molecule has 0 fully saturated rings. The van der Waals surface area contributed by atoms with Crippen LogP contribution in [0.15, 0.2) is 48.5 Å². The molecule has 0 aliphatic heterocycles. The summed E-state index contributed by atoms with van der Waals surface area (Å²) in [5, 5.41) is 22.4. The van der Waals surface area contributed by atoms with E-state index in [1.165, 1.54) is 12.1 Å². The molecular formula is C21H21N3O5. The van der Waals surface area contributed by atoms with Crippen LogP contribution in [0.3, 0.4) is 0 Å². The zero-order valence-electron chi connectivity index (χ0n) is 16.1. The first-order valence-electron chi connectivity index (χ1n) is 9.07. The van der Waals surface area contributed by atoms with Crippen molar-refractivity contribution in [2.24, 2.45) is 5.92 Å². The highest BCUT2D eigenvalue weighted by Gasteiger charge is 2.27. The maximum atomic E-state index is 12.6. The molecule has 0 bridgehead atoms. The van der Waals surface area contributed by atoms with Gasteiger partial charge in [-0.15, -0.1) is 0 Å². The van der Waals surface area contributed by atoms with E-state index in [0.717, 1.165) is 18.1 Å². The number of carbonyl (C=O) groups is 2. The minimum absolute atomic E-state index is 0.0211. The molecule has 0 saturated carbocycles. The van der Waals surface area contributed by atoms with Gasteiger partial charge >= 0.3 is 5.97 Å². The van der Waals surface area contributed by atoms with Crippen LogP contribution in [-0.2, 0) is 14.3 Å². The third-order valence-electron chi connectivity index (χ3n) is 4.58. The number of rotatable bonds is 8. The fraction of sp³-hybridized carbons (Fsp3) is 0.286. The summed E-state index contributed by atoms with van der Waals surface area (Å²) in [7, 11) is 0. The van der Waals surface area contributed by atoms with Gasteiger partial charge in [0.25, 0.3) is 11.6 Å². The van der Waals surface area contributed by atoms with Crippen LogP contribution in [0, 0.1) is 27.4 Å². The number of nitro groups is 1. The van der Waals surface area contributed by atoms with Gasteiger partial charge in [-0.25, -0.2) is 0 Å². The molecule has 0 aliphatic rings. The third kappa shape index (κ3) is 5.62. The molecule has 2 aromatic rings. The Morgan fingerprint density at radius 1 is 1.24 bits per heavy atom. The molecule has 1 amide bonds. The van der Waals surface area contributed by atoms with E-state index in [2.05, 4.69) is 5.32 Å². The van der Waals surface area contributed by atoms with Crippen molar-refractivity contribution in [3.05, 3.63) is 69.8 Å². The fourth-order valence-electron chi connectivity index (χ4n) is 2.85. The van der Waals surface area contributed by atoms with Crippen LogP contribution < -0.4 is 5.32 Å². The molecule has 0 aliphatic carbocycles. The number of anilines is 1. The number of non-ortho nitro benzene ring substituents is 1. The summed E-state index contributed by atoms with van der Waals surface area (Å²) in [6, 6.07) is 14.5. The number of hydrogen-bond acceptors (Lipinski definition) is 6. The SMILES string of the molecule is CC[C@H](C)[C@H](C(=O)OCC(=O)Nc1ccc([N+](=O)[O-])cc1C#N)c1ccccc1. The van der Waals surface area contributed by atoms with Crippen LogP contribution in [0.2, 0.25) is 0 Å². The molecule has 2 aromatic carbocycles. The zero-order chi connectivity index (χ0) is 21.4. The van der Waals surface area contributed by atoms with Crippen molar-refractivity contribution in [1.82, 2.24) is 0 Å². The maximum absolute atomic E-state index is 12.6. The Morgan fingerprint density at radius 3 is 2.52 bits per heavy atom. The highest BCUT2D eigenvalue weighted by molar-refractivity contribution is 5.94. The summed E-state index contributed by atoms with van der Waals surface area (Å²) >= 11 is 0. The van der Waals surface area contributed by atoms with E-state index in [4.69, 9.17) is 10.00 Å². The Bertz CT molecular complexity index is 937. The monoisotopic (exact) mass is 395 g/mol. The third-order valence-corrected chi connectivity index (χ3v) is 4.58. The van der Waals surface area contributed by atoms with Crippen LogP contribution in [-0.4, -0.2) is 23.4 Å². The van der Waals surface area contributed by atoms with E-state index >= 15 is 0 Å². The Balaban J connectivity index is 2.05. The van der Waals surface area contributed by atoms with E-state index in [0.29, 0.717) is 0 Å². The molecule has 0 radical (unpaired) electrons. The molecule has 29 heavy (non-hydrogen) atoms. The fourth-order valence-corrected chi connectivity index (χ4v) is 2.85. The molecule has 0 unspecified atom stereocenters. The van der Waals surface area contributed by atoms with E-state index in [-0.39, 0.29) is 22.9 Å². The number of amides is 1. The first-order valence-corrected chi connectivity index (χ1v) is 9.07. The van der Waals surface area contributed by atoms with Crippen molar-refractivity contribution in [2.45, 2.75) is 26.2 Å². The number of benzene rings is 2. The number of carbonyl (C=O) groups excluding carboxylic acids is 2. The molecule has 0 aromatic heterocycles. The molecule has 8 heteroatoms. The summed E-state index contributed by atoms with van der Waals surface area (Å²) < 4.78 is 5.21. The van der Waals surface area contributed by atoms with Crippen molar-refractivity contribution in [3.63, 3.8) is 0 Å². The topological polar surface area (TPSA) is 122 Å². The summed E-state index contributed by atoms with van der Waals surface area (Å²) in [6.45, 7) is 3.38. The quantitative estimate of drug-likeness (QED) is 0.412. The predicted molar refractivity (Wildman–Crippen MR) is 106 cm³/mol. The van der Waals surface area contributed by atoms with Gasteiger partial charge < -0.3 is 10.1 Å². The van der Waals surface area contributed by atoms with E-state index in [9.17, 15) is 19.7 Å². The summed E-state index contributed by atoms with van der Waals surface area (Å²) in [5.74, 6) is -1.62. The molecule has 8 nitrogen and oxygen atoms in total. The second-order valence-corrected chi connectivity index (χ2v) is 6.53. The Kier molecular flexibility index (Phi) is 7.43. The number of hydrogen-bond donors (Lipinski definition) is 1. The minimum atomic E-state index is -0.639. The van der Waals surface area contributed by atoms with E-state index in [1.807, 2.05) is 44.2 Å². The van der Waals surface area contributed by atoms with Gasteiger partial charge in [-0.1, -0.05) is 50.6 Å². The van der Waals surface area contributed by atoms with Gasteiger partial charge in [0.1, 0.15) is 6.07 Å². The zero-order valence-corrected chi connectivity index (χ0v) is 16.1. The Hall–Kier alpha value is -3.73. The predicted octanol–water partition coefficient (Wildman–Crippen LogP) is 3.78. The number of ether oxygens (including phenoxy) is 1. The Morgan fingerprint density at radius 2 is 1.93 bits per heavy atom. The number of nitrogens with one attached hydrogen (secondary N) is 1. The van der Waals surface area contributed by atoms with Crippen molar-refractivity contribution in [1.29, 1.82) is 5.26 Å². The largest absolute Gasteiger partial charge is 0.455 e. The van der Waals surface area contributed by atoms with Crippen molar-refractivity contribution in [2.75, 3.05) is 11.9 Å². The molecule has 0 heterocycles. The lowest BCUT2D eigenvalue weighted by molar-refractivity contribution is -0.384. The van der Waals surface area contributed by atoms with E-state index < -0.39 is 29.3 Å². The number of nitriles is 1. The standard InChI is InChI=1S/C21H21N3O5/c1-3-14(2)20(15-7-5-4-6-8-15)21(26)29-13-19(25)23-18-10-9-17(24(27)28)11-16(18)12-22/h4-11,14,20H,3,13H2,1-2H3,(H,23,25)/t14-,20-/m0/s1. The maximum Gasteiger partial charge on any atom is 0.314 e. The molecule has 2 atom stereocenters. The molecule has 150 valence electrons. The van der Waals surface area contributed by atoms with E-state index in [1.54, 1.807) is 6.07 Å². The van der Waals surface area contributed by atoms with Gasteiger partial charge in [0.15, 0.2) is 6.61 Å². The first kappa shape index (κ1) is 21.6. The smallest absolute Gasteiger partial charge is 0.314 e. The van der Waals surface area contributed by atoms with Crippen LogP contribution in [0.1, 0.15) is 37.3 Å². The summed E-state index contributed by atoms with van der Waals surface area (Å²) in [5.41, 5.74) is 0.612. The summed E-state index contributed by atoms with van der Waals surface area (Å²) in [4.78, 5) is 34.9. The average Bonchev–Trinajstić information content (AvgIpc) is 2.73. The van der Waals surface area contributed by atoms with Crippen molar-refractivity contribution < 1.29 is 19.2 Å². The van der Waals surface area contributed by atoms with Gasteiger partial charge in [-0.3, -0.25) is 19.7 Å². The van der Waals surface area contributed by atoms with Gasteiger partial charge in [-0.05, 0) is 17.5 Å². The van der Waals surface area contributed by atoms with Crippen LogP contribution in [0.25, 0.3) is 0 Å². The lowest BCUT2D eigenvalue weighted by Crippen LogP contribution is -2.27. The first-order chi connectivity index (χ1) is 13.9. The van der Waals surface area contributed by atoms with Crippen molar-refractivity contribution >= 4 is 23.3 Å². The highest BCUT2D eigenvalue weighted by atomic mass is 16.6. The van der Waals surface area contributed by atoms with Crippen LogP contribution >= 0.6 is 0 Å².